The maximum atomic E-state index is 11.4. The summed E-state index contributed by atoms with van der Waals surface area (Å²) in [4.78, 5) is 11.4. The Morgan fingerprint density at radius 3 is 2.50 bits per heavy atom. The van der Waals surface area contributed by atoms with Crippen LogP contribution in [0.5, 0.6) is 0 Å². The van der Waals surface area contributed by atoms with E-state index in [-0.39, 0.29) is 29.4 Å². The van der Waals surface area contributed by atoms with Gasteiger partial charge in [0.25, 0.3) is 0 Å². The molecule has 1 atom stereocenters. The number of hydrogen-bond acceptors (Lipinski definition) is 4. The average molecular weight is 220 g/mol. The number of sulfone groups is 1. The minimum Gasteiger partial charge on any atom is -0.351 e. The molecule has 6 heteroatoms. The van der Waals surface area contributed by atoms with Gasteiger partial charge in [-0.3, -0.25) is 4.79 Å². The SMILES string of the molecule is CCC(CN)C(=O)NC1CS(=O)(=O)C1. The molecule has 1 unspecified atom stereocenters. The molecule has 0 aromatic carbocycles. The summed E-state index contributed by atoms with van der Waals surface area (Å²) in [6, 6.07) is -0.201. The molecule has 14 heavy (non-hydrogen) atoms. The van der Waals surface area contributed by atoms with Crippen molar-refractivity contribution in [1.82, 2.24) is 5.32 Å². The van der Waals surface area contributed by atoms with Crippen LogP contribution in [-0.4, -0.2) is 38.4 Å². The highest BCUT2D eigenvalue weighted by atomic mass is 32.2. The average Bonchev–Trinajstić information content (AvgIpc) is 2.03. The van der Waals surface area contributed by atoms with Crippen LogP contribution in [-0.2, 0) is 14.6 Å². The van der Waals surface area contributed by atoms with Gasteiger partial charge in [0.2, 0.25) is 5.91 Å². The van der Waals surface area contributed by atoms with Crippen molar-refractivity contribution < 1.29 is 13.2 Å². The summed E-state index contributed by atoms with van der Waals surface area (Å²) < 4.78 is 21.6. The lowest BCUT2D eigenvalue weighted by molar-refractivity contribution is -0.125. The summed E-state index contributed by atoms with van der Waals surface area (Å²) in [7, 11) is -2.86. The van der Waals surface area contributed by atoms with Crippen LogP contribution in [0.4, 0.5) is 0 Å². The van der Waals surface area contributed by atoms with E-state index in [1.807, 2.05) is 6.92 Å². The van der Waals surface area contributed by atoms with Gasteiger partial charge in [-0.15, -0.1) is 0 Å². The van der Waals surface area contributed by atoms with Gasteiger partial charge >= 0.3 is 0 Å². The molecular formula is C8H16N2O3S. The van der Waals surface area contributed by atoms with Crippen LogP contribution in [0, 0.1) is 5.92 Å². The van der Waals surface area contributed by atoms with Crippen LogP contribution >= 0.6 is 0 Å². The normalized spacial score (nSPS) is 22.4. The molecule has 1 fully saturated rings. The number of rotatable bonds is 4. The van der Waals surface area contributed by atoms with Crippen molar-refractivity contribution in [2.75, 3.05) is 18.1 Å². The number of nitrogens with one attached hydrogen (secondary N) is 1. The summed E-state index contributed by atoms with van der Waals surface area (Å²) in [5.41, 5.74) is 5.39. The third-order valence-electron chi connectivity index (χ3n) is 2.40. The molecule has 0 aromatic rings. The Labute approximate surface area is 84.0 Å². The first-order chi connectivity index (χ1) is 6.48. The lowest BCUT2D eigenvalue weighted by Gasteiger charge is -2.28. The first-order valence-corrected chi connectivity index (χ1v) is 6.51. The van der Waals surface area contributed by atoms with Gasteiger partial charge in [0.15, 0.2) is 9.84 Å². The molecule has 1 saturated heterocycles. The highest BCUT2D eigenvalue weighted by molar-refractivity contribution is 7.92. The van der Waals surface area contributed by atoms with Crippen LogP contribution in [0.2, 0.25) is 0 Å². The molecule has 1 amide bonds. The summed E-state index contributed by atoms with van der Waals surface area (Å²) in [6.07, 6.45) is 0.682. The van der Waals surface area contributed by atoms with Crippen molar-refractivity contribution >= 4 is 15.7 Å². The molecule has 1 aliphatic heterocycles. The molecular weight excluding hydrogens is 204 g/mol. The first kappa shape index (κ1) is 11.5. The van der Waals surface area contributed by atoms with Crippen LogP contribution in [0.3, 0.4) is 0 Å². The van der Waals surface area contributed by atoms with Crippen LogP contribution in [0.25, 0.3) is 0 Å². The maximum absolute atomic E-state index is 11.4. The predicted molar refractivity (Wildman–Crippen MR) is 53.4 cm³/mol. The predicted octanol–water partition coefficient (Wildman–Crippen LogP) is -1.12. The second-order valence-corrected chi connectivity index (χ2v) is 5.78. The Hall–Kier alpha value is -0.620. The van der Waals surface area contributed by atoms with E-state index in [1.54, 1.807) is 0 Å². The topological polar surface area (TPSA) is 89.3 Å². The first-order valence-electron chi connectivity index (χ1n) is 4.69. The van der Waals surface area contributed by atoms with Crippen molar-refractivity contribution in [2.24, 2.45) is 11.7 Å². The number of carbonyl (C=O) groups excluding carboxylic acids is 1. The molecule has 0 aromatic heterocycles. The quantitative estimate of drug-likeness (QED) is 0.628. The molecule has 1 heterocycles. The van der Waals surface area contributed by atoms with Crippen molar-refractivity contribution in [2.45, 2.75) is 19.4 Å². The fourth-order valence-electron chi connectivity index (χ4n) is 1.43. The highest BCUT2D eigenvalue weighted by Gasteiger charge is 2.35. The number of nitrogens with two attached hydrogens (primary N) is 1. The lowest BCUT2D eigenvalue weighted by atomic mass is 10.1. The number of hydrogen-bond donors (Lipinski definition) is 2. The van der Waals surface area contributed by atoms with Gasteiger partial charge in [0.05, 0.1) is 17.5 Å². The molecule has 0 bridgehead atoms. The Kier molecular flexibility index (Phi) is 3.49. The smallest absolute Gasteiger partial charge is 0.224 e. The van der Waals surface area contributed by atoms with Crippen molar-refractivity contribution in [3.05, 3.63) is 0 Å². The third-order valence-corrected chi connectivity index (χ3v) is 4.23. The third kappa shape index (κ3) is 2.68. The van der Waals surface area contributed by atoms with Gasteiger partial charge in [-0.2, -0.15) is 0 Å². The monoisotopic (exact) mass is 220 g/mol. The summed E-state index contributed by atoms with van der Waals surface area (Å²) in [5.74, 6) is -0.187. The Morgan fingerprint density at radius 2 is 2.14 bits per heavy atom. The van der Waals surface area contributed by atoms with Crippen molar-refractivity contribution in [1.29, 1.82) is 0 Å². The molecule has 82 valence electrons. The fraction of sp³-hybridized carbons (Fsp3) is 0.875. The number of amides is 1. The zero-order valence-electron chi connectivity index (χ0n) is 8.19. The minimum atomic E-state index is -2.86. The molecule has 1 aliphatic rings. The van der Waals surface area contributed by atoms with E-state index in [1.165, 1.54) is 0 Å². The van der Waals surface area contributed by atoms with Crippen molar-refractivity contribution in [3.63, 3.8) is 0 Å². The molecule has 5 nitrogen and oxygen atoms in total. The van der Waals surface area contributed by atoms with Gasteiger partial charge in [-0.1, -0.05) is 6.92 Å². The summed E-state index contributed by atoms with van der Waals surface area (Å²) >= 11 is 0. The second kappa shape index (κ2) is 4.27. The van der Waals surface area contributed by atoms with E-state index in [0.717, 1.165) is 0 Å². The fourth-order valence-corrected chi connectivity index (χ4v) is 2.72. The van der Waals surface area contributed by atoms with Gasteiger partial charge in [0, 0.05) is 12.5 Å². The second-order valence-electron chi connectivity index (χ2n) is 3.62. The van der Waals surface area contributed by atoms with E-state index in [2.05, 4.69) is 5.32 Å². The van der Waals surface area contributed by atoms with E-state index >= 15 is 0 Å². The molecule has 0 saturated carbocycles. The Bertz CT molecular complexity index is 297. The van der Waals surface area contributed by atoms with E-state index in [0.29, 0.717) is 13.0 Å². The largest absolute Gasteiger partial charge is 0.351 e. The zero-order chi connectivity index (χ0) is 10.8. The van der Waals surface area contributed by atoms with Gasteiger partial charge in [-0.25, -0.2) is 8.42 Å². The lowest BCUT2D eigenvalue weighted by Crippen LogP contribution is -2.54. The number of carbonyl (C=O) groups is 1. The van der Waals surface area contributed by atoms with Crippen LogP contribution < -0.4 is 11.1 Å². The Morgan fingerprint density at radius 1 is 1.57 bits per heavy atom. The van der Waals surface area contributed by atoms with Gasteiger partial charge in [0.1, 0.15) is 0 Å². The van der Waals surface area contributed by atoms with Crippen LogP contribution in [0.1, 0.15) is 13.3 Å². The van der Waals surface area contributed by atoms with Crippen LogP contribution in [0.15, 0.2) is 0 Å². The van der Waals surface area contributed by atoms with E-state index in [4.69, 9.17) is 5.73 Å². The summed E-state index contributed by atoms with van der Waals surface area (Å²) in [6.45, 7) is 2.19. The molecule has 0 spiro atoms. The zero-order valence-corrected chi connectivity index (χ0v) is 9.01. The molecule has 0 aliphatic carbocycles. The maximum Gasteiger partial charge on any atom is 0.224 e. The molecule has 3 N–H and O–H groups in total. The summed E-state index contributed by atoms with van der Waals surface area (Å²) in [5, 5.41) is 2.68. The highest BCUT2D eigenvalue weighted by Crippen LogP contribution is 2.11. The van der Waals surface area contributed by atoms with Gasteiger partial charge < -0.3 is 11.1 Å². The van der Waals surface area contributed by atoms with E-state index in [9.17, 15) is 13.2 Å². The Balaban J connectivity index is 2.35. The standard InChI is InChI=1S/C8H16N2O3S/c1-2-6(3-9)8(11)10-7-4-14(12,13)5-7/h6-7H,2-5,9H2,1H3,(H,10,11). The molecule has 0 radical (unpaired) electrons. The van der Waals surface area contributed by atoms with E-state index < -0.39 is 9.84 Å². The molecule has 1 rings (SSSR count). The minimum absolute atomic E-state index is 0.0692. The van der Waals surface area contributed by atoms with Gasteiger partial charge in [-0.05, 0) is 6.42 Å². The van der Waals surface area contributed by atoms with Crippen molar-refractivity contribution in [3.8, 4) is 0 Å².